The first-order chi connectivity index (χ1) is 7.19. The van der Waals surface area contributed by atoms with Gasteiger partial charge in [0.15, 0.2) is 0 Å². The number of methoxy groups -OCH3 is 1. The van der Waals surface area contributed by atoms with Crippen molar-refractivity contribution in [1.82, 2.24) is 5.48 Å². The molecule has 0 bridgehead atoms. The lowest BCUT2D eigenvalue weighted by Crippen LogP contribution is -2.23. The standard InChI is InChI=1S/C11H15NO3/c1-4-15-12-11(13)9-6-5-8(2)10(7-9)14-3/h5-7H,4H2,1-3H3,(H,12,13). The quantitative estimate of drug-likeness (QED) is 0.767. The molecule has 4 nitrogen and oxygen atoms in total. The van der Waals surface area contributed by atoms with Crippen LogP contribution in [0.15, 0.2) is 18.2 Å². The Morgan fingerprint density at radius 2 is 2.20 bits per heavy atom. The second-order valence-electron chi connectivity index (χ2n) is 3.05. The van der Waals surface area contributed by atoms with Crippen molar-refractivity contribution in [2.75, 3.05) is 13.7 Å². The number of ether oxygens (including phenoxy) is 1. The molecule has 0 aliphatic heterocycles. The lowest BCUT2D eigenvalue weighted by molar-refractivity contribution is 0.0364. The Balaban J connectivity index is 2.81. The summed E-state index contributed by atoms with van der Waals surface area (Å²) >= 11 is 0. The van der Waals surface area contributed by atoms with E-state index in [0.29, 0.717) is 17.9 Å². The molecule has 1 aromatic rings. The van der Waals surface area contributed by atoms with Crippen molar-refractivity contribution in [3.8, 4) is 5.75 Å². The lowest BCUT2D eigenvalue weighted by atomic mass is 10.1. The minimum Gasteiger partial charge on any atom is -0.496 e. The van der Waals surface area contributed by atoms with Crippen LogP contribution in [0.5, 0.6) is 5.75 Å². The number of aryl methyl sites for hydroxylation is 1. The van der Waals surface area contributed by atoms with Gasteiger partial charge in [-0.05, 0) is 31.5 Å². The van der Waals surface area contributed by atoms with Gasteiger partial charge in [0.25, 0.3) is 5.91 Å². The smallest absolute Gasteiger partial charge is 0.274 e. The normalized spacial score (nSPS) is 9.80. The second-order valence-corrected chi connectivity index (χ2v) is 3.05. The van der Waals surface area contributed by atoms with Crippen LogP contribution in [0.4, 0.5) is 0 Å². The molecule has 0 fully saturated rings. The average molecular weight is 209 g/mol. The van der Waals surface area contributed by atoms with Gasteiger partial charge in [0, 0.05) is 5.56 Å². The number of amides is 1. The Bertz CT molecular complexity index is 350. The van der Waals surface area contributed by atoms with Crippen molar-refractivity contribution in [2.24, 2.45) is 0 Å². The molecular weight excluding hydrogens is 194 g/mol. The summed E-state index contributed by atoms with van der Waals surface area (Å²) in [5.74, 6) is 0.425. The molecule has 1 aromatic carbocycles. The zero-order chi connectivity index (χ0) is 11.3. The molecule has 0 saturated carbocycles. The van der Waals surface area contributed by atoms with E-state index in [2.05, 4.69) is 5.48 Å². The molecule has 0 heterocycles. The maximum absolute atomic E-state index is 11.5. The van der Waals surface area contributed by atoms with Crippen molar-refractivity contribution in [2.45, 2.75) is 13.8 Å². The summed E-state index contributed by atoms with van der Waals surface area (Å²) < 4.78 is 5.12. The topological polar surface area (TPSA) is 47.6 Å². The molecule has 1 rings (SSSR count). The van der Waals surface area contributed by atoms with Gasteiger partial charge in [-0.25, -0.2) is 5.48 Å². The third-order valence-electron chi connectivity index (χ3n) is 1.98. The van der Waals surface area contributed by atoms with Crippen LogP contribution in [0.2, 0.25) is 0 Å². The Morgan fingerprint density at radius 1 is 1.47 bits per heavy atom. The highest BCUT2D eigenvalue weighted by Crippen LogP contribution is 2.18. The van der Waals surface area contributed by atoms with Gasteiger partial charge < -0.3 is 4.74 Å². The highest BCUT2D eigenvalue weighted by atomic mass is 16.6. The summed E-state index contributed by atoms with van der Waals surface area (Å²) in [6.45, 7) is 4.16. The van der Waals surface area contributed by atoms with Gasteiger partial charge in [0.2, 0.25) is 0 Å². The summed E-state index contributed by atoms with van der Waals surface area (Å²) in [4.78, 5) is 16.3. The number of hydroxylamine groups is 1. The summed E-state index contributed by atoms with van der Waals surface area (Å²) in [7, 11) is 1.58. The molecule has 0 radical (unpaired) electrons. The van der Waals surface area contributed by atoms with Gasteiger partial charge in [-0.1, -0.05) is 6.07 Å². The van der Waals surface area contributed by atoms with E-state index in [4.69, 9.17) is 9.57 Å². The van der Waals surface area contributed by atoms with E-state index in [1.54, 1.807) is 26.2 Å². The molecule has 0 spiro atoms. The van der Waals surface area contributed by atoms with E-state index in [0.717, 1.165) is 5.56 Å². The monoisotopic (exact) mass is 209 g/mol. The Kier molecular flexibility index (Phi) is 4.12. The molecule has 4 heteroatoms. The van der Waals surface area contributed by atoms with E-state index in [1.165, 1.54) is 0 Å². The number of hydrogen-bond acceptors (Lipinski definition) is 3. The summed E-state index contributed by atoms with van der Waals surface area (Å²) in [5.41, 5.74) is 3.84. The highest BCUT2D eigenvalue weighted by Gasteiger charge is 2.07. The number of rotatable bonds is 4. The van der Waals surface area contributed by atoms with Crippen LogP contribution in [0.1, 0.15) is 22.8 Å². The van der Waals surface area contributed by atoms with Crippen LogP contribution < -0.4 is 10.2 Å². The van der Waals surface area contributed by atoms with Crippen molar-refractivity contribution in [3.05, 3.63) is 29.3 Å². The fourth-order valence-corrected chi connectivity index (χ4v) is 1.16. The zero-order valence-electron chi connectivity index (χ0n) is 9.16. The summed E-state index contributed by atoms with van der Waals surface area (Å²) in [6.07, 6.45) is 0. The minimum atomic E-state index is -0.268. The first-order valence-electron chi connectivity index (χ1n) is 4.75. The van der Waals surface area contributed by atoms with Gasteiger partial charge >= 0.3 is 0 Å². The van der Waals surface area contributed by atoms with Crippen molar-refractivity contribution in [3.63, 3.8) is 0 Å². The predicted octanol–water partition coefficient (Wildman–Crippen LogP) is 1.68. The first kappa shape index (κ1) is 11.5. The second kappa shape index (κ2) is 5.36. The van der Waals surface area contributed by atoms with Crippen molar-refractivity contribution < 1.29 is 14.4 Å². The molecule has 82 valence electrons. The van der Waals surface area contributed by atoms with E-state index in [9.17, 15) is 4.79 Å². The van der Waals surface area contributed by atoms with Crippen LogP contribution >= 0.6 is 0 Å². The maximum Gasteiger partial charge on any atom is 0.274 e. The zero-order valence-corrected chi connectivity index (χ0v) is 9.16. The minimum absolute atomic E-state index is 0.268. The fraction of sp³-hybridized carbons (Fsp3) is 0.364. The Morgan fingerprint density at radius 3 is 2.80 bits per heavy atom. The molecule has 0 aliphatic carbocycles. The van der Waals surface area contributed by atoms with Crippen LogP contribution in [0.25, 0.3) is 0 Å². The summed E-state index contributed by atoms with van der Waals surface area (Å²) in [5, 5.41) is 0. The van der Waals surface area contributed by atoms with Gasteiger partial charge in [-0.3, -0.25) is 9.63 Å². The molecular formula is C11H15NO3. The molecule has 0 atom stereocenters. The van der Waals surface area contributed by atoms with Crippen LogP contribution in [0, 0.1) is 6.92 Å². The molecule has 1 amide bonds. The molecule has 1 N–H and O–H groups in total. The van der Waals surface area contributed by atoms with Gasteiger partial charge in [0.05, 0.1) is 13.7 Å². The van der Waals surface area contributed by atoms with Gasteiger partial charge in [-0.15, -0.1) is 0 Å². The maximum atomic E-state index is 11.5. The van der Waals surface area contributed by atoms with Crippen molar-refractivity contribution >= 4 is 5.91 Å². The van der Waals surface area contributed by atoms with Gasteiger partial charge in [-0.2, -0.15) is 0 Å². The molecule has 0 aromatic heterocycles. The number of nitrogens with one attached hydrogen (secondary N) is 1. The van der Waals surface area contributed by atoms with Gasteiger partial charge in [0.1, 0.15) is 5.75 Å². The third kappa shape index (κ3) is 2.95. The van der Waals surface area contributed by atoms with E-state index < -0.39 is 0 Å². The van der Waals surface area contributed by atoms with Crippen LogP contribution in [-0.4, -0.2) is 19.6 Å². The average Bonchev–Trinajstić information content (AvgIpc) is 2.26. The Labute approximate surface area is 89.1 Å². The molecule has 0 saturated heterocycles. The first-order valence-corrected chi connectivity index (χ1v) is 4.75. The SMILES string of the molecule is CCONC(=O)c1ccc(C)c(OC)c1. The fourth-order valence-electron chi connectivity index (χ4n) is 1.16. The lowest BCUT2D eigenvalue weighted by Gasteiger charge is -2.07. The van der Waals surface area contributed by atoms with Crippen LogP contribution in [0.3, 0.4) is 0 Å². The van der Waals surface area contributed by atoms with E-state index >= 15 is 0 Å². The Hall–Kier alpha value is -1.55. The largest absolute Gasteiger partial charge is 0.496 e. The molecule has 0 aliphatic rings. The van der Waals surface area contributed by atoms with E-state index in [1.807, 2.05) is 13.0 Å². The predicted molar refractivity (Wildman–Crippen MR) is 56.8 cm³/mol. The number of benzene rings is 1. The third-order valence-corrected chi connectivity index (χ3v) is 1.98. The number of hydrogen-bond donors (Lipinski definition) is 1. The van der Waals surface area contributed by atoms with E-state index in [-0.39, 0.29) is 5.91 Å². The van der Waals surface area contributed by atoms with Crippen LogP contribution in [-0.2, 0) is 4.84 Å². The number of carbonyl (C=O) groups is 1. The number of carbonyl (C=O) groups excluding carboxylic acids is 1. The summed E-state index contributed by atoms with van der Waals surface area (Å²) in [6, 6.07) is 5.25. The molecule has 0 unspecified atom stereocenters. The molecule has 15 heavy (non-hydrogen) atoms. The highest BCUT2D eigenvalue weighted by molar-refractivity contribution is 5.93. The van der Waals surface area contributed by atoms with Crippen molar-refractivity contribution in [1.29, 1.82) is 0 Å².